The molecule has 0 saturated carbocycles. The average molecular weight is 294 g/mol. The zero-order valence-corrected chi connectivity index (χ0v) is 12.0. The van der Waals surface area contributed by atoms with Crippen molar-refractivity contribution in [1.82, 2.24) is 0 Å². The maximum atomic E-state index is 12.6. The highest BCUT2D eigenvalue weighted by Gasteiger charge is 2.17. The lowest BCUT2D eigenvalue weighted by Gasteiger charge is -2.10. The number of ketones is 1. The van der Waals surface area contributed by atoms with Crippen LogP contribution < -0.4 is 10.2 Å². The van der Waals surface area contributed by atoms with Crippen LogP contribution in [0.5, 0.6) is 5.75 Å². The first-order valence-corrected chi connectivity index (χ1v) is 6.90. The summed E-state index contributed by atoms with van der Waals surface area (Å²) < 4.78 is 11.3. The second-order valence-electron chi connectivity index (χ2n) is 4.94. The maximum absolute atomic E-state index is 12.6. The summed E-state index contributed by atoms with van der Waals surface area (Å²) in [6.45, 7) is 1.24. The monoisotopic (exact) mass is 294 g/mol. The standard InChI is InChI=1S/C18H14O4/c1-12(19)11-21-18-16(20)14-9-5-6-10-15(14)22-17(18)13-7-3-2-4-8-13/h2-10H,11H2,1H3. The number of carbonyl (C=O) groups is 1. The van der Waals surface area contributed by atoms with Gasteiger partial charge >= 0.3 is 0 Å². The molecule has 22 heavy (non-hydrogen) atoms. The Hall–Kier alpha value is -2.88. The predicted molar refractivity (Wildman–Crippen MR) is 84.1 cm³/mol. The molecule has 0 aliphatic heterocycles. The van der Waals surface area contributed by atoms with Gasteiger partial charge in [-0.2, -0.15) is 0 Å². The van der Waals surface area contributed by atoms with Crippen molar-refractivity contribution in [1.29, 1.82) is 0 Å². The van der Waals surface area contributed by atoms with Crippen molar-refractivity contribution >= 4 is 16.8 Å². The predicted octanol–water partition coefficient (Wildman–Crippen LogP) is 3.43. The van der Waals surface area contributed by atoms with Crippen LogP contribution in [0.4, 0.5) is 0 Å². The van der Waals surface area contributed by atoms with Gasteiger partial charge in [-0.15, -0.1) is 0 Å². The number of hydrogen-bond acceptors (Lipinski definition) is 4. The molecule has 0 spiro atoms. The number of carbonyl (C=O) groups excluding carboxylic acids is 1. The van der Waals surface area contributed by atoms with E-state index in [0.717, 1.165) is 5.56 Å². The van der Waals surface area contributed by atoms with Crippen LogP contribution in [-0.2, 0) is 4.79 Å². The van der Waals surface area contributed by atoms with Gasteiger partial charge in [-0.3, -0.25) is 9.59 Å². The van der Waals surface area contributed by atoms with E-state index in [4.69, 9.17) is 9.15 Å². The minimum atomic E-state index is -0.276. The number of para-hydroxylation sites is 1. The van der Waals surface area contributed by atoms with E-state index >= 15 is 0 Å². The van der Waals surface area contributed by atoms with Gasteiger partial charge in [0, 0.05) is 5.56 Å². The lowest BCUT2D eigenvalue weighted by molar-refractivity contribution is -0.118. The molecule has 0 aliphatic carbocycles. The molecular weight excluding hydrogens is 280 g/mol. The summed E-state index contributed by atoms with van der Waals surface area (Å²) in [6.07, 6.45) is 0. The van der Waals surface area contributed by atoms with Gasteiger partial charge in [0.15, 0.2) is 11.5 Å². The molecule has 0 unspecified atom stereocenters. The van der Waals surface area contributed by atoms with Crippen molar-refractivity contribution in [3.8, 4) is 17.1 Å². The van der Waals surface area contributed by atoms with Crippen molar-refractivity contribution < 1.29 is 13.9 Å². The fraction of sp³-hybridized carbons (Fsp3) is 0.111. The molecule has 4 heteroatoms. The molecule has 0 radical (unpaired) electrons. The Morgan fingerprint density at radius 3 is 2.45 bits per heavy atom. The molecule has 0 fully saturated rings. The number of ether oxygens (including phenoxy) is 1. The Kier molecular flexibility index (Phi) is 3.74. The molecule has 110 valence electrons. The van der Waals surface area contributed by atoms with Gasteiger partial charge < -0.3 is 9.15 Å². The highest BCUT2D eigenvalue weighted by atomic mass is 16.5. The SMILES string of the molecule is CC(=O)COc1c(-c2ccccc2)oc2ccccc2c1=O. The van der Waals surface area contributed by atoms with E-state index in [1.807, 2.05) is 30.3 Å². The maximum Gasteiger partial charge on any atom is 0.235 e. The van der Waals surface area contributed by atoms with Crippen LogP contribution in [0, 0.1) is 0 Å². The summed E-state index contributed by atoms with van der Waals surface area (Å²) >= 11 is 0. The lowest BCUT2D eigenvalue weighted by Crippen LogP contribution is -2.14. The summed E-state index contributed by atoms with van der Waals surface area (Å²) in [7, 11) is 0. The van der Waals surface area contributed by atoms with Gasteiger partial charge in [0.05, 0.1) is 5.39 Å². The minimum Gasteiger partial charge on any atom is -0.478 e. The first-order valence-electron chi connectivity index (χ1n) is 6.90. The average Bonchev–Trinajstić information content (AvgIpc) is 2.54. The van der Waals surface area contributed by atoms with E-state index < -0.39 is 0 Å². The largest absolute Gasteiger partial charge is 0.478 e. The second-order valence-corrected chi connectivity index (χ2v) is 4.94. The van der Waals surface area contributed by atoms with Crippen LogP contribution in [-0.4, -0.2) is 12.4 Å². The van der Waals surface area contributed by atoms with Crippen LogP contribution in [0.15, 0.2) is 63.8 Å². The molecule has 0 aliphatic rings. The number of rotatable bonds is 4. The van der Waals surface area contributed by atoms with Crippen molar-refractivity contribution in [2.24, 2.45) is 0 Å². The fourth-order valence-corrected chi connectivity index (χ4v) is 2.21. The van der Waals surface area contributed by atoms with Gasteiger partial charge in [-0.05, 0) is 19.1 Å². The molecule has 0 atom stereocenters. The number of fused-ring (bicyclic) bond motifs is 1. The molecule has 3 aromatic rings. The molecule has 2 aromatic carbocycles. The third-order valence-electron chi connectivity index (χ3n) is 3.21. The topological polar surface area (TPSA) is 56.5 Å². The third kappa shape index (κ3) is 2.63. The quantitative estimate of drug-likeness (QED) is 0.739. The number of hydrogen-bond donors (Lipinski definition) is 0. The van der Waals surface area contributed by atoms with Gasteiger partial charge in [-0.25, -0.2) is 0 Å². The van der Waals surface area contributed by atoms with Gasteiger partial charge in [0.2, 0.25) is 11.2 Å². The van der Waals surface area contributed by atoms with E-state index in [-0.39, 0.29) is 23.6 Å². The van der Waals surface area contributed by atoms with Gasteiger partial charge in [-0.1, -0.05) is 42.5 Å². The number of benzene rings is 2. The van der Waals surface area contributed by atoms with Crippen molar-refractivity contribution in [2.45, 2.75) is 6.92 Å². The minimum absolute atomic E-state index is 0.0695. The number of Topliss-reactive ketones (excluding diaryl/α,β-unsaturated/α-hetero) is 1. The summed E-state index contributed by atoms with van der Waals surface area (Å²) in [5.74, 6) is 0.247. The molecule has 1 aromatic heterocycles. The summed E-state index contributed by atoms with van der Waals surface area (Å²) in [6, 6.07) is 16.2. The van der Waals surface area contributed by atoms with Crippen molar-refractivity contribution in [2.75, 3.05) is 6.61 Å². The van der Waals surface area contributed by atoms with Crippen LogP contribution >= 0.6 is 0 Å². The molecule has 3 rings (SSSR count). The summed E-state index contributed by atoms with van der Waals surface area (Å²) in [5.41, 5.74) is 0.937. The third-order valence-corrected chi connectivity index (χ3v) is 3.21. The first-order chi connectivity index (χ1) is 10.7. The molecular formula is C18H14O4. The van der Waals surface area contributed by atoms with E-state index in [1.165, 1.54) is 6.92 Å². The fourth-order valence-electron chi connectivity index (χ4n) is 2.21. The van der Waals surface area contributed by atoms with E-state index in [2.05, 4.69) is 0 Å². The summed E-state index contributed by atoms with van der Waals surface area (Å²) in [4.78, 5) is 23.8. The molecule has 0 saturated heterocycles. The summed E-state index contributed by atoms with van der Waals surface area (Å²) in [5, 5.41) is 0.431. The smallest absolute Gasteiger partial charge is 0.235 e. The van der Waals surface area contributed by atoms with Crippen molar-refractivity contribution in [3.63, 3.8) is 0 Å². The van der Waals surface area contributed by atoms with E-state index in [1.54, 1.807) is 24.3 Å². The Morgan fingerprint density at radius 1 is 1.05 bits per heavy atom. The van der Waals surface area contributed by atoms with Crippen LogP contribution in [0.25, 0.3) is 22.3 Å². The second kappa shape index (κ2) is 5.85. The highest BCUT2D eigenvalue weighted by molar-refractivity contribution is 5.82. The Bertz CT molecular complexity index is 878. The molecule has 0 bridgehead atoms. The van der Waals surface area contributed by atoms with E-state index in [9.17, 15) is 9.59 Å². The molecule has 4 nitrogen and oxygen atoms in total. The van der Waals surface area contributed by atoms with E-state index in [0.29, 0.717) is 16.7 Å². The zero-order chi connectivity index (χ0) is 15.5. The highest BCUT2D eigenvalue weighted by Crippen LogP contribution is 2.30. The Balaban J connectivity index is 2.26. The molecule has 0 N–H and O–H groups in total. The van der Waals surface area contributed by atoms with Crippen LogP contribution in [0.3, 0.4) is 0 Å². The first kappa shape index (κ1) is 14.1. The molecule has 0 amide bonds. The Labute approximate surface area is 127 Å². The zero-order valence-electron chi connectivity index (χ0n) is 12.0. The molecule has 1 heterocycles. The normalized spacial score (nSPS) is 10.6. The van der Waals surface area contributed by atoms with Crippen LogP contribution in [0.1, 0.15) is 6.92 Å². The Morgan fingerprint density at radius 2 is 1.73 bits per heavy atom. The van der Waals surface area contributed by atoms with Gasteiger partial charge in [0.1, 0.15) is 12.2 Å². The van der Waals surface area contributed by atoms with Gasteiger partial charge in [0.25, 0.3) is 0 Å². The van der Waals surface area contributed by atoms with Crippen LogP contribution in [0.2, 0.25) is 0 Å². The van der Waals surface area contributed by atoms with Crippen molar-refractivity contribution in [3.05, 3.63) is 64.8 Å². The lowest BCUT2D eigenvalue weighted by atomic mass is 10.1.